The molecule has 0 spiro atoms. The molecule has 1 N–H and O–H groups in total. The van der Waals surface area contributed by atoms with Gasteiger partial charge in [-0.25, -0.2) is 0 Å². The van der Waals surface area contributed by atoms with Gasteiger partial charge in [-0.3, -0.25) is 4.79 Å². The molecule has 1 aromatic rings. The molecular weight excluding hydrogens is 240 g/mol. The molecule has 1 aromatic heterocycles. The second-order valence-corrected chi connectivity index (χ2v) is 6.74. The van der Waals surface area contributed by atoms with Gasteiger partial charge in [-0.05, 0) is 31.6 Å². The highest BCUT2D eigenvalue weighted by Gasteiger charge is 2.33. The lowest BCUT2D eigenvalue weighted by Crippen LogP contribution is -2.34. The van der Waals surface area contributed by atoms with Crippen LogP contribution in [0.2, 0.25) is 0 Å². The monoisotopic (exact) mass is 264 g/mol. The summed E-state index contributed by atoms with van der Waals surface area (Å²) >= 11 is 0. The number of aryl methyl sites for hydroxylation is 1. The van der Waals surface area contributed by atoms with Gasteiger partial charge in [0.2, 0.25) is 0 Å². The normalized spacial score (nSPS) is 21.9. The predicted octanol–water partition coefficient (Wildman–Crippen LogP) is 3.41. The van der Waals surface area contributed by atoms with Crippen molar-refractivity contribution < 1.29 is 9.32 Å². The Bertz CT molecular complexity index is 474. The molecule has 1 saturated carbocycles. The SMILES string of the molecule is Cc1noc(C(C)C)c1C(=O)NC1CCC(C)(C)C1. The molecule has 0 saturated heterocycles. The highest BCUT2D eigenvalue weighted by atomic mass is 16.5. The van der Waals surface area contributed by atoms with E-state index in [1.54, 1.807) is 0 Å². The highest BCUT2D eigenvalue weighted by Crippen LogP contribution is 2.37. The van der Waals surface area contributed by atoms with Crippen LogP contribution in [0.1, 0.15) is 74.7 Å². The van der Waals surface area contributed by atoms with Crippen molar-refractivity contribution in [2.75, 3.05) is 0 Å². The molecule has 1 fully saturated rings. The van der Waals surface area contributed by atoms with Crippen molar-refractivity contribution in [2.45, 2.75) is 65.8 Å². The number of carbonyl (C=O) groups excluding carboxylic acids is 1. The summed E-state index contributed by atoms with van der Waals surface area (Å²) in [5, 5.41) is 7.06. The third kappa shape index (κ3) is 2.99. The van der Waals surface area contributed by atoms with Crippen LogP contribution in [-0.4, -0.2) is 17.1 Å². The lowest BCUT2D eigenvalue weighted by molar-refractivity contribution is 0.0933. The summed E-state index contributed by atoms with van der Waals surface area (Å²) in [6, 6.07) is 0.275. The molecule has 1 aliphatic rings. The van der Waals surface area contributed by atoms with Crippen molar-refractivity contribution in [3.8, 4) is 0 Å². The summed E-state index contributed by atoms with van der Waals surface area (Å²) in [5.41, 5.74) is 1.64. The van der Waals surface area contributed by atoms with E-state index in [-0.39, 0.29) is 17.9 Å². The number of hydrogen-bond acceptors (Lipinski definition) is 3. The van der Waals surface area contributed by atoms with Crippen LogP contribution in [0.5, 0.6) is 0 Å². The van der Waals surface area contributed by atoms with Gasteiger partial charge in [-0.15, -0.1) is 0 Å². The van der Waals surface area contributed by atoms with Gasteiger partial charge in [0.05, 0.1) is 5.69 Å². The molecule has 4 heteroatoms. The van der Waals surface area contributed by atoms with Gasteiger partial charge in [0.1, 0.15) is 5.56 Å². The van der Waals surface area contributed by atoms with Crippen LogP contribution in [0.4, 0.5) is 0 Å². The van der Waals surface area contributed by atoms with E-state index in [1.165, 1.54) is 0 Å². The number of rotatable bonds is 3. The molecule has 106 valence electrons. The van der Waals surface area contributed by atoms with Crippen molar-refractivity contribution in [1.29, 1.82) is 0 Å². The summed E-state index contributed by atoms with van der Waals surface area (Å²) in [7, 11) is 0. The zero-order chi connectivity index (χ0) is 14.2. The van der Waals surface area contributed by atoms with E-state index in [0.29, 0.717) is 22.4 Å². The maximum absolute atomic E-state index is 12.4. The average Bonchev–Trinajstić information content (AvgIpc) is 2.81. The zero-order valence-corrected chi connectivity index (χ0v) is 12.5. The first kappa shape index (κ1) is 14.1. The fourth-order valence-corrected chi connectivity index (χ4v) is 2.87. The summed E-state index contributed by atoms with van der Waals surface area (Å²) < 4.78 is 5.27. The summed E-state index contributed by atoms with van der Waals surface area (Å²) in [4.78, 5) is 12.4. The Hall–Kier alpha value is -1.32. The Labute approximate surface area is 114 Å². The molecule has 4 nitrogen and oxygen atoms in total. The van der Waals surface area contributed by atoms with Gasteiger partial charge in [0.25, 0.3) is 5.91 Å². The predicted molar refractivity (Wildman–Crippen MR) is 74.2 cm³/mol. The molecular formula is C15H24N2O2. The molecule has 2 rings (SSSR count). The van der Waals surface area contributed by atoms with E-state index in [9.17, 15) is 4.79 Å². The van der Waals surface area contributed by atoms with Crippen molar-refractivity contribution in [3.05, 3.63) is 17.0 Å². The lowest BCUT2D eigenvalue weighted by Gasteiger charge is -2.18. The topological polar surface area (TPSA) is 55.1 Å². The Morgan fingerprint density at radius 3 is 2.68 bits per heavy atom. The molecule has 19 heavy (non-hydrogen) atoms. The summed E-state index contributed by atoms with van der Waals surface area (Å²) in [6.45, 7) is 10.3. The Balaban J connectivity index is 2.11. The van der Waals surface area contributed by atoms with Crippen molar-refractivity contribution in [2.24, 2.45) is 5.41 Å². The zero-order valence-electron chi connectivity index (χ0n) is 12.5. The van der Waals surface area contributed by atoms with Crippen LogP contribution in [0.25, 0.3) is 0 Å². The molecule has 0 radical (unpaired) electrons. The molecule has 1 heterocycles. The minimum Gasteiger partial charge on any atom is -0.360 e. The first-order valence-electron chi connectivity index (χ1n) is 7.07. The first-order valence-corrected chi connectivity index (χ1v) is 7.07. The number of aromatic nitrogens is 1. The van der Waals surface area contributed by atoms with Crippen LogP contribution in [0.15, 0.2) is 4.52 Å². The standard InChI is InChI=1S/C15H24N2O2/c1-9(2)13-12(10(3)17-19-13)14(18)16-11-6-7-15(4,5)8-11/h9,11H,6-8H2,1-5H3,(H,16,18). The van der Waals surface area contributed by atoms with Gasteiger partial charge < -0.3 is 9.84 Å². The van der Waals surface area contributed by atoms with E-state index >= 15 is 0 Å². The fourth-order valence-electron chi connectivity index (χ4n) is 2.87. The summed E-state index contributed by atoms with van der Waals surface area (Å²) in [6.07, 6.45) is 3.26. The highest BCUT2D eigenvalue weighted by molar-refractivity contribution is 5.96. The largest absolute Gasteiger partial charge is 0.360 e. The van der Waals surface area contributed by atoms with Gasteiger partial charge >= 0.3 is 0 Å². The van der Waals surface area contributed by atoms with E-state index in [0.717, 1.165) is 19.3 Å². The minimum absolute atomic E-state index is 0.0369. The summed E-state index contributed by atoms with van der Waals surface area (Å²) in [5.74, 6) is 0.819. The molecule has 1 aliphatic carbocycles. The number of hydrogen-bond donors (Lipinski definition) is 1. The van der Waals surface area contributed by atoms with Gasteiger partial charge in [-0.1, -0.05) is 32.9 Å². The number of nitrogens with one attached hydrogen (secondary N) is 1. The second-order valence-electron chi connectivity index (χ2n) is 6.74. The van der Waals surface area contributed by atoms with Crippen LogP contribution in [0.3, 0.4) is 0 Å². The Kier molecular flexibility index (Phi) is 3.70. The minimum atomic E-state index is -0.0369. The Morgan fingerprint density at radius 2 is 2.16 bits per heavy atom. The van der Waals surface area contributed by atoms with Crippen LogP contribution in [0, 0.1) is 12.3 Å². The van der Waals surface area contributed by atoms with Crippen LogP contribution in [-0.2, 0) is 0 Å². The van der Waals surface area contributed by atoms with E-state index in [1.807, 2.05) is 20.8 Å². The molecule has 1 atom stereocenters. The maximum atomic E-state index is 12.4. The number of carbonyl (C=O) groups is 1. The van der Waals surface area contributed by atoms with Gasteiger partial charge in [0, 0.05) is 12.0 Å². The smallest absolute Gasteiger partial charge is 0.257 e. The quantitative estimate of drug-likeness (QED) is 0.910. The second kappa shape index (κ2) is 4.99. The fraction of sp³-hybridized carbons (Fsp3) is 0.733. The first-order chi connectivity index (χ1) is 8.80. The molecule has 0 aliphatic heterocycles. The Morgan fingerprint density at radius 1 is 1.47 bits per heavy atom. The maximum Gasteiger partial charge on any atom is 0.257 e. The number of nitrogens with zero attached hydrogens (tertiary/aromatic N) is 1. The number of amides is 1. The van der Waals surface area contributed by atoms with Crippen molar-refractivity contribution in [3.63, 3.8) is 0 Å². The van der Waals surface area contributed by atoms with Crippen molar-refractivity contribution in [1.82, 2.24) is 10.5 Å². The van der Waals surface area contributed by atoms with Crippen molar-refractivity contribution >= 4 is 5.91 Å². The van der Waals surface area contributed by atoms with E-state index in [4.69, 9.17) is 4.52 Å². The van der Waals surface area contributed by atoms with Crippen LogP contribution < -0.4 is 5.32 Å². The molecule has 1 amide bonds. The van der Waals surface area contributed by atoms with E-state index in [2.05, 4.69) is 24.3 Å². The average molecular weight is 264 g/mol. The lowest BCUT2D eigenvalue weighted by atomic mass is 9.92. The molecule has 1 unspecified atom stereocenters. The third-order valence-corrected chi connectivity index (χ3v) is 3.94. The van der Waals surface area contributed by atoms with E-state index < -0.39 is 0 Å². The third-order valence-electron chi connectivity index (χ3n) is 3.94. The molecule has 0 bridgehead atoms. The molecule has 0 aromatic carbocycles. The van der Waals surface area contributed by atoms with Gasteiger partial charge in [0.15, 0.2) is 5.76 Å². The van der Waals surface area contributed by atoms with Gasteiger partial charge in [-0.2, -0.15) is 0 Å². The van der Waals surface area contributed by atoms with Crippen LogP contribution >= 0.6 is 0 Å².